The van der Waals surface area contributed by atoms with Crippen molar-refractivity contribution in [3.8, 4) is 5.88 Å². The summed E-state index contributed by atoms with van der Waals surface area (Å²) in [7, 11) is 0. The van der Waals surface area contributed by atoms with Crippen molar-refractivity contribution in [2.24, 2.45) is 0 Å². The second-order valence-electron chi connectivity index (χ2n) is 6.76. The molecule has 1 aliphatic heterocycles. The van der Waals surface area contributed by atoms with E-state index in [-0.39, 0.29) is 29.3 Å². The SMILES string of the molecule is O=c1c(Br)c(OCc2ccc(F)cc2F)ncn1C(Cc1ccccc1)C1=COCO1. The Labute approximate surface area is 184 Å². The number of aromatic nitrogens is 2. The van der Waals surface area contributed by atoms with Crippen LogP contribution in [0.25, 0.3) is 0 Å². The van der Waals surface area contributed by atoms with Crippen LogP contribution in [0, 0.1) is 11.6 Å². The number of hydrogen-bond donors (Lipinski definition) is 0. The number of rotatable bonds is 7. The van der Waals surface area contributed by atoms with Gasteiger partial charge in [0.25, 0.3) is 5.56 Å². The van der Waals surface area contributed by atoms with Crippen molar-refractivity contribution in [2.45, 2.75) is 19.1 Å². The number of hydrogen-bond acceptors (Lipinski definition) is 5. The number of allylic oxidation sites excluding steroid dienone is 1. The molecule has 2 heterocycles. The molecule has 160 valence electrons. The van der Waals surface area contributed by atoms with Crippen molar-refractivity contribution in [3.63, 3.8) is 0 Å². The van der Waals surface area contributed by atoms with Gasteiger partial charge in [-0.2, -0.15) is 0 Å². The molecule has 3 aromatic rings. The Morgan fingerprint density at radius 2 is 2.00 bits per heavy atom. The molecule has 0 saturated carbocycles. The zero-order chi connectivity index (χ0) is 21.8. The summed E-state index contributed by atoms with van der Waals surface area (Å²) < 4.78 is 44.6. The Morgan fingerprint density at radius 3 is 2.71 bits per heavy atom. The maximum absolute atomic E-state index is 13.8. The highest BCUT2D eigenvalue weighted by molar-refractivity contribution is 9.10. The van der Waals surface area contributed by atoms with E-state index in [1.165, 1.54) is 23.2 Å². The van der Waals surface area contributed by atoms with Gasteiger partial charge in [0.15, 0.2) is 5.76 Å². The molecular weight excluding hydrogens is 474 g/mol. The normalized spacial score (nSPS) is 13.8. The van der Waals surface area contributed by atoms with Crippen LogP contribution in [0.1, 0.15) is 17.2 Å². The van der Waals surface area contributed by atoms with E-state index in [9.17, 15) is 13.6 Å². The van der Waals surface area contributed by atoms with Crippen molar-refractivity contribution in [3.05, 3.63) is 104 Å². The van der Waals surface area contributed by atoms with Gasteiger partial charge in [0, 0.05) is 18.1 Å². The van der Waals surface area contributed by atoms with Crippen molar-refractivity contribution >= 4 is 15.9 Å². The van der Waals surface area contributed by atoms with Crippen molar-refractivity contribution in [1.82, 2.24) is 9.55 Å². The maximum atomic E-state index is 13.8. The topological polar surface area (TPSA) is 62.6 Å². The Bertz CT molecular complexity index is 1170. The molecule has 0 bridgehead atoms. The quantitative estimate of drug-likeness (QED) is 0.488. The van der Waals surface area contributed by atoms with Crippen LogP contribution in [-0.4, -0.2) is 16.3 Å². The van der Waals surface area contributed by atoms with E-state index in [1.54, 1.807) is 0 Å². The minimum absolute atomic E-state index is 0.000931. The summed E-state index contributed by atoms with van der Waals surface area (Å²) >= 11 is 3.23. The zero-order valence-corrected chi connectivity index (χ0v) is 17.7. The minimum Gasteiger partial charge on any atom is -0.472 e. The molecule has 0 spiro atoms. The molecule has 1 aliphatic rings. The van der Waals surface area contributed by atoms with E-state index in [0.29, 0.717) is 12.2 Å². The van der Waals surface area contributed by atoms with E-state index < -0.39 is 23.2 Å². The van der Waals surface area contributed by atoms with Gasteiger partial charge in [-0.1, -0.05) is 30.3 Å². The number of benzene rings is 2. The third-order valence-corrected chi connectivity index (χ3v) is 5.40. The third kappa shape index (κ3) is 4.77. The van der Waals surface area contributed by atoms with Crippen LogP contribution in [0.4, 0.5) is 8.78 Å². The minimum atomic E-state index is -0.738. The first-order valence-corrected chi connectivity index (χ1v) is 10.1. The molecule has 0 fully saturated rings. The fourth-order valence-electron chi connectivity index (χ4n) is 3.14. The lowest BCUT2D eigenvalue weighted by Crippen LogP contribution is -2.29. The summed E-state index contributed by atoms with van der Waals surface area (Å²) in [6, 6.07) is 12.3. The molecule has 1 unspecified atom stereocenters. The van der Waals surface area contributed by atoms with E-state index >= 15 is 0 Å². The molecule has 0 amide bonds. The predicted octanol–water partition coefficient (Wildman–Crippen LogP) is 4.49. The second-order valence-corrected chi connectivity index (χ2v) is 7.55. The van der Waals surface area contributed by atoms with Crippen LogP contribution in [0.2, 0.25) is 0 Å². The molecular formula is C22H17BrF2N2O4. The Morgan fingerprint density at radius 1 is 1.19 bits per heavy atom. The van der Waals surface area contributed by atoms with Crippen LogP contribution >= 0.6 is 15.9 Å². The standard InChI is InChI=1S/C22H17BrF2N2O4/c23-20-21(30-10-15-6-7-16(24)9-17(15)25)26-12-27(22(20)28)18(19-11-29-13-31-19)8-14-4-2-1-3-5-14/h1-7,9,11-12,18H,8,10,13H2. The van der Waals surface area contributed by atoms with Crippen LogP contribution in [0.3, 0.4) is 0 Å². The third-order valence-electron chi connectivity index (χ3n) is 4.72. The first-order chi connectivity index (χ1) is 15.0. The molecule has 1 aromatic heterocycles. The van der Waals surface area contributed by atoms with Gasteiger partial charge in [-0.3, -0.25) is 9.36 Å². The summed E-state index contributed by atoms with van der Waals surface area (Å²) in [5, 5.41) is 0. The largest absolute Gasteiger partial charge is 0.472 e. The first kappa shape index (κ1) is 21.0. The highest BCUT2D eigenvalue weighted by Gasteiger charge is 2.25. The monoisotopic (exact) mass is 490 g/mol. The fourth-order valence-corrected chi connectivity index (χ4v) is 3.56. The summed E-state index contributed by atoms with van der Waals surface area (Å²) in [6.45, 7) is -0.134. The Kier molecular flexibility index (Phi) is 6.31. The molecule has 0 N–H and O–H groups in total. The Hall–Kier alpha value is -3.20. The lowest BCUT2D eigenvalue weighted by Gasteiger charge is -2.20. The van der Waals surface area contributed by atoms with Gasteiger partial charge in [-0.15, -0.1) is 0 Å². The van der Waals surface area contributed by atoms with Gasteiger partial charge in [0.05, 0.1) is 0 Å². The molecule has 0 aliphatic carbocycles. The second kappa shape index (κ2) is 9.30. The van der Waals surface area contributed by atoms with Crippen LogP contribution in [0.5, 0.6) is 5.88 Å². The highest BCUT2D eigenvalue weighted by Crippen LogP contribution is 2.27. The molecule has 4 rings (SSSR count). The first-order valence-electron chi connectivity index (χ1n) is 9.34. The van der Waals surface area contributed by atoms with Gasteiger partial charge < -0.3 is 14.2 Å². The van der Waals surface area contributed by atoms with E-state index in [1.807, 2.05) is 30.3 Å². The van der Waals surface area contributed by atoms with Gasteiger partial charge in [0.2, 0.25) is 12.7 Å². The predicted molar refractivity (Wildman–Crippen MR) is 111 cm³/mol. The molecule has 2 aromatic carbocycles. The lowest BCUT2D eigenvalue weighted by molar-refractivity contribution is 0.0708. The van der Waals surface area contributed by atoms with E-state index in [4.69, 9.17) is 14.2 Å². The summed E-state index contributed by atoms with van der Waals surface area (Å²) in [4.78, 5) is 17.3. The summed E-state index contributed by atoms with van der Waals surface area (Å²) in [5.41, 5.74) is 0.740. The van der Waals surface area contributed by atoms with Gasteiger partial charge >= 0.3 is 0 Å². The summed E-state index contributed by atoms with van der Waals surface area (Å²) in [6.07, 6.45) is 3.31. The average Bonchev–Trinajstić information content (AvgIpc) is 3.30. The van der Waals surface area contributed by atoms with E-state index in [0.717, 1.165) is 17.7 Å². The molecule has 0 saturated heterocycles. The molecule has 0 radical (unpaired) electrons. The number of nitrogens with zero attached hydrogens (tertiary/aromatic N) is 2. The molecule has 6 nitrogen and oxygen atoms in total. The molecule has 31 heavy (non-hydrogen) atoms. The highest BCUT2D eigenvalue weighted by atomic mass is 79.9. The van der Waals surface area contributed by atoms with Crippen molar-refractivity contribution in [2.75, 3.05) is 6.79 Å². The maximum Gasteiger partial charge on any atom is 0.272 e. The van der Waals surface area contributed by atoms with E-state index in [2.05, 4.69) is 20.9 Å². The van der Waals surface area contributed by atoms with Crippen LogP contribution in [-0.2, 0) is 22.5 Å². The van der Waals surface area contributed by atoms with Crippen LogP contribution in [0.15, 0.2) is 76.1 Å². The molecule has 1 atom stereocenters. The zero-order valence-electron chi connectivity index (χ0n) is 16.1. The number of halogens is 3. The van der Waals surface area contributed by atoms with Gasteiger partial charge in [-0.25, -0.2) is 13.8 Å². The number of ether oxygens (including phenoxy) is 3. The summed E-state index contributed by atoms with van der Waals surface area (Å²) in [5.74, 6) is -0.916. The van der Waals surface area contributed by atoms with Crippen molar-refractivity contribution < 1.29 is 23.0 Å². The Balaban J connectivity index is 1.60. The average molecular weight is 491 g/mol. The lowest BCUT2D eigenvalue weighted by atomic mass is 10.0. The van der Waals surface area contributed by atoms with Gasteiger partial charge in [0.1, 0.15) is 41.3 Å². The fraction of sp³-hybridized carbons (Fsp3) is 0.182. The smallest absolute Gasteiger partial charge is 0.272 e. The van der Waals surface area contributed by atoms with Gasteiger partial charge in [-0.05, 0) is 33.6 Å². The van der Waals surface area contributed by atoms with Crippen LogP contribution < -0.4 is 10.3 Å². The van der Waals surface area contributed by atoms with Crippen molar-refractivity contribution in [1.29, 1.82) is 0 Å². The molecule has 9 heteroatoms.